The number of para-hydroxylation sites is 1. The molecular weight excluding hydrogens is 288 g/mol. The molecule has 0 radical (unpaired) electrons. The zero-order valence-electron chi connectivity index (χ0n) is 11.4. The Hall–Kier alpha value is -2.27. The smallest absolute Gasteiger partial charge is 0.312 e. The number of rotatable bonds is 2. The van der Waals surface area contributed by atoms with Crippen LogP contribution in [-0.2, 0) is 10.1 Å². The first-order chi connectivity index (χ1) is 10.1. The zero-order chi connectivity index (χ0) is 14.9. The van der Waals surface area contributed by atoms with Crippen LogP contribution in [0.15, 0.2) is 48.5 Å². The summed E-state index contributed by atoms with van der Waals surface area (Å²) in [4.78, 5) is 0. The summed E-state index contributed by atoms with van der Waals surface area (Å²) in [6.45, 7) is 0. The first-order valence-electron chi connectivity index (χ1n) is 6.45. The van der Waals surface area contributed by atoms with Gasteiger partial charge in [0.2, 0.25) is 0 Å². The maximum Gasteiger partial charge on any atom is 0.312 e. The molecule has 108 valence electrons. The predicted octanol–water partition coefficient (Wildman–Crippen LogP) is 3.10. The van der Waals surface area contributed by atoms with Crippen LogP contribution in [0.4, 0.5) is 0 Å². The molecule has 4 nitrogen and oxygen atoms in total. The second kappa shape index (κ2) is 5.26. The Kier molecular flexibility index (Phi) is 3.43. The van der Waals surface area contributed by atoms with Crippen molar-refractivity contribution in [2.24, 2.45) is 0 Å². The molecule has 0 amide bonds. The Morgan fingerprint density at radius 3 is 2.57 bits per heavy atom. The van der Waals surface area contributed by atoms with Crippen molar-refractivity contribution in [3.8, 4) is 22.6 Å². The lowest BCUT2D eigenvalue weighted by molar-refractivity contribution is 0.415. The van der Waals surface area contributed by atoms with Gasteiger partial charge < -0.3 is 8.92 Å². The molecule has 21 heavy (non-hydrogen) atoms. The van der Waals surface area contributed by atoms with E-state index in [0.717, 1.165) is 22.4 Å². The first-order valence-corrected chi connectivity index (χ1v) is 8.03. The van der Waals surface area contributed by atoms with E-state index < -0.39 is 10.1 Å². The Balaban J connectivity index is 2.14. The third kappa shape index (κ3) is 2.78. The highest BCUT2D eigenvalue weighted by atomic mass is 32.2. The van der Waals surface area contributed by atoms with Crippen LogP contribution in [0.5, 0.6) is 11.5 Å². The lowest BCUT2D eigenvalue weighted by atomic mass is 10.0. The van der Waals surface area contributed by atoms with E-state index in [9.17, 15) is 8.42 Å². The van der Waals surface area contributed by atoms with Crippen molar-refractivity contribution in [2.75, 3.05) is 12.9 Å². The van der Waals surface area contributed by atoms with Crippen molar-refractivity contribution in [1.82, 2.24) is 0 Å². The van der Waals surface area contributed by atoms with E-state index >= 15 is 0 Å². The van der Waals surface area contributed by atoms with Crippen LogP contribution in [0, 0.1) is 0 Å². The van der Waals surface area contributed by atoms with Gasteiger partial charge in [-0.3, -0.25) is 0 Å². The van der Waals surface area contributed by atoms with Gasteiger partial charge in [-0.15, -0.1) is 0 Å². The van der Waals surface area contributed by atoms with E-state index in [1.54, 1.807) is 19.3 Å². The van der Waals surface area contributed by atoms with E-state index in [-0.39, 0.29) is 5.75 Å². The van der Waals surface area contributed by atoms with Gasteiger partial charge in [0, 0.05) is 11.1 Å². The van der Waals surface area contributed by atoms with Crippen LogP contribution in [0.3, 0.4) is 0 Å². The van der Waals surface area contributed by atoms with Crippen LogP contribution in [-0.4, -0.2) is 21.3 Å². The van der Waals surface area contributed by atoms with Gasteiger partial charge in [-0.05, 0) is 17.7 Å². The Morgan fingerprint density at radius 1 is 1.10 bits per heavy atom. The van der Waals surface area contributed by atoms with Crippen LogP contribution < -0.4 is 8.92 Å². The number of fused-ring (bicyclic) bond motifs is 1. The van der Waals surface area contributed by atoms with E-state index in [1.807, 2.05) is 42.5 Å². The van der Waals surface area contributed by atoms with Gasteiger partial charge >= 0.3 is 10.1 Å². The van der Waals surface area contributed by atoms with E-state index in [4.69, 9.17) is 8.92 Å². The fraction of sp³-hybridized carbons (Fsp3) is 0.125. The normalized spacial score (nSPS) is 15.7. The summed E-state index contributed by atoms with van der Waals surface area (Å²) in [6, 6.07) is 13.0. The minimum absolute atomic E-state index is 0.121. The van der Waals surface area contributed by atoms with Gasteiger partial charge in [0.1, 0.15) is 11.5 Å². The average molecular weight is 302 g/mol. The largest absolute Gasteiger partial charge is 0.497 e. The molecule has 0 spiro atoms. The van der Waals surface area contributed by atoms with Gasteiger partial charge in [0.15, 0.2) is 5.75 Å². The lowest BCUT2D eigenvalue weighted by Gasteiger charge is -2.12. The standard InChI is InChI=1S/C16H14O4S/c1-19-14-9-7-12(8-10-14)15-6-2-4-13-5-3-11-21(17,18)20-16(13)15/h2-10H,11H2,1H3. The molecule has 0 unspecified atom stereocenters. The highest BCUT2D eigenvalue weighted by Crippen LogP contribution is 2.36. The van der Waals surface area contributed by atoms with Crippen molar-refractivity contribution in [3.63, 3.8) is 0 Å². The second-order valence-corrected chi connectivity index (χ2v) is 6.28. The second-order valence-electron chi connectivity index (χ2n) is 4.66. The zero-order valence-corrected chi connectivity index (χ0v) is 12.3. The SMILES string of the molecule is COc1ccc(-c2cccc3c2OS(=O)(=O)CC=C3)cc1. The highest BCUT2D eigenvalue weighted by Gasteiger charge is 2.20. The van der Waals surface area contributed by atoms with Crippen molar-refractivity contribution < 1.29 is 17.3 Å². The van der Waals surface area contributed by atoms with Gasteiger partial charge in [0.05, 0.1) is 7.11 Å². The maximum absolute atomic E-state index is 11.8. The monoisotopic (exact) mass is 302 g/mol. The van der Waals surface area contributed by atoms with Gasteiger partial charge in [0.25, 0.3) is 0 Å². The molecule has 2 aromatic carbocycles. The molecule has 0 bridgehead atoms. The number of hydrogen-bond donors (Lipinski definition) is 0. The summed E-state index contributed by atoms with van der Waals surface area (Å²) in [5.74, 6) is 0.995. The quantitative estimate of drug-likeness (QED) is 0.800. The Labute approximate surface area is 123 Å². The number of benzene rings is 2. The maximum atomic E-state index is 11.8. The molecule has 0 saturated heterocycles. The molecular formula is C16H14O4S. The lowest BCUT2D eigenvalue weighted by Crippen LogP contribution is -2.11. The molecule has 0 fully saturated rings. The van der Waals surface area contributed by atoms with E-state index in [2.05, 4.69) is 0 Å². The molecule has 0 aliphatic carbocycles. The number of ether oxygens (including phenoxy) is 1. The molecule has 0 saturated carbocycles. The minimum Gasteiger partial charge on any atom is -0.497 e. The summed E-state index contributed by atoms with van der Waals surface area (Å²) in [5, 5.41) is 0. The fourth-order valence-electron chi connectivity index (χ4n) is 2.23. The minimum atomic E-state index is -3.59. The topological polar surface area (TPSA) is 52.6 Å². The van der Waals surface area contributed by atoms with Crippen molar-refractivity contribution in [3.05, 3.63) is 54.1 Å². The van der Waals surface area contributed by atoms with Crippen LogP contribution >= 0.6 is 0 Å². The molecule has 1 aliphatic rings. The van der Waals surface area contributed by atoms with Gasteiger partial charge in [-0.25, -0.2) is 0 Å². The third-order valence-electron chi connectivity index (χ3n) is 3.25. The average Bonchev–Trinajstić information content (AvgIpc) is 2.64. The van der Waals surface area contributed by atoms with Crippen molar-refractivity contribution in [1.29, 1.82) is 0 Å². The van der Waals surface area contributed by atoms with Crippen LogP contribution in [0.2, 0.25) is 0 Å². The van der Waals surface area contributed by atoms with Crippen LogP contribution in [0.25, 0.3) is 17.2 Å². The van der Waals surface area contributed by atoms with Crippen molar-refractivity contribution >= 4 is 16.2 Å². The summed E-state index contributed by atoms with van der Waals surface area (Å²) in [7, 11) is -1.99. The van der Waals surface area contributed by atoms with Crippen molar-refractivity contribution in [2.45, 2.75) is 0 Å². The third-order valence-corrected chi connectivity index (χ3v) is 4.28. The van der Waals surface area contributed by atoms with E-state index in [0.29, 0.717) is 5.75 Å². The molecule has 0 aromatic heterocycles. The van der Waals surface area contributed by atoms with Gasteiger partial charge in [-0.2, -0.15) is 8.42 Å². The predicted molar refractivity (Wildman–Crippen MR) is 81.9 cm³/mol. The summed E-state index contributed by atoms with van der Waals surface area (Å²) < 4.78 is 34.0. The molecule has 5 heteroatoms. The molecule has 0 N–H and O–H groups in total. The molecule has 1 heterocycles. The van der Waals surface area contributed by atoms with Crippen LogP contribution in [0.1, 0.15) is 5.56 Å². The van der Waals surface area contributed by atoms with Gasteiger partial charge in [-0.1, -0.05) is 42.5 Å². The summed E-state index contributed by atoms with van der Waals surface area (Å²) in [5.41, 5.74) is 2.37. The number of hydrogen-bond acceptors (Lipinski definition) is 4. The summed E-state index contributed by atoms with van der Waals surface area (Å²) >= 11 is 0. The van der Waals surface area contributed by atoms with E-state index in [1.165, 1.54) is 0 Å². The number of methoxy groups -OCH3 is 1. The molecule has 1 aliphatic heterocycles. The first kappa shape index (κ1) is 13.7. The molecule has 2 aromatic rings. The highest BCUT2D eigenvalue weighted by molar-refractivity contribution is 7.87. The Bertz CT molecular complexity index is 790. The summed E-state index contributed by atoms with van der Waals surface area (Å²) in [6.07, 6.45) is 3.37. The fourth-order valence-corrected chi connectivity index (χ4v) is 3.07. The Morgan fingerprint density at radius 2 is 1.86 bits per heavy atom. The molecule has 0 atom stereocenters. The molecule has 3 rings (SSSR count).